The summed E-state index contributed by atoms with van der Waals surface area (Å²) in [5.74, 6) is 0.0567. The maximum Gasteiger partial charge on any atom is 0.251 e. The number of nitrogens with zero attached hydrogens (tertiary/aromatic N) is 2. The van der Waals surface area contributed by atoms with E-state index in [1.165, 1.54) is 21.6 Å². The third kappa shape index (κ3) is 5.46. The molecule has 0 aromatic heterocycles. The third-order valence-corrected chi connectivity index (χ3v) is 7.26. The Morgan fingerprint density at radius 2 is 1.92 bits per heavy atom. The number of rotatable bonds is 2. The average molecular weight is 491 g/mol. The van der Waals surface area contributed by atoms with Gasteiger partial charge in [-0.05, 0) is 66.5 Å². The van der Waals surface area contributed by atoms with E-state index in [2.05, 4.69) is 28.5 Å². The van der Waals surface area contributed by atoms with Crippen LogP contribution in [0.25, 0.3) is 0 Å². The van der Waals surface area contributed by atoms with Crippen LogP contribution >= 0.6 is 0 Å². The molecule has 2 aromatic carbocycles. The molecule has 4 aliphatic rings. The lowest BCUT2D eigenvalue weighted by Gasteiger charge is -2.35. The van der Waals surface area contributed by atoms with E-state index in [4.69, 9.17) is 10.5 Å². The normalized spacial score (nSPS) is 23.7. The van der Waals surface area contributed by atoms with Gasteiger partial charge in [-0.1, -0.05) is 50.6 Å². The largest absolute Gasteiger partial charge is 0.382 e. The fraction of sp³-hybridized carbons (Fsp3) is 0.483. The van der Waals surface area contributed by atoms with Crippen LogP contribution in [0.4, 0.5) is 0 Å². The summed E-state index contributed by atoms with van der Waals surface area (Å²) in [7, 11) is 1.60. The number of ether oxygens (including phenoxy) is 1. The van der Waals surface area contributed by atoms with Gasteiger partial charge >= 0.3 is 0 Å². The predicted molar refractivity (Wildman–Crippen MR) is 142 cm³/mol. The molecule has 3 unspecified atom stereocenters. The Morgan fingerprint density at radius 1 is 1.08 bits per heavy atom. The van der Waals surface area contributed by atoms with Gasteiger partial charge in [0, 0.05) is 19.1 Å². The van der Waals surface area contributed by atoms with E-state index < -0.39 is 6.04 Å². The number of carbonyl (C=O) groups is 2. The molecule has 0 saturated carbocycles. The number of carbonyl (C=O) groups excluding carboxylic acids is 2. The summed E-state index contributed by atoms with van der Waals surface area (Å²) in [5, 5.41) is 3.24. The number of aryl methyl sites for hydroxylation is 2. The molecule has 3 N–H and O–H groups in total. The first-order valence-electron chi connectivity index (χ1n) is 13.2. The second-order valence-corrected chi connectivity index (χ2v) is 9.55. The van der Waals surface area contributed by atoms with E-state index in [-0.39, 0.29) is 36.5 Å². The van der Waals surface area contributed by atoms with Crippen molar-refractivity contribution in [2.75, 3.05) is 13.7 Å². The summed E-state index contributed by atoms with van der Waals surface area (Å²) in [5.41, 5.74) is 11.5. The number of nitrogens with two attached hydrogens (primary N) is 1. The number of hydrogen-bond acceptors (Lipinski definition) is 5. The molecule has 0 saturated heterocycles. The van der Waals surface area contributed by atoms with Crippen molar-refractivity contribution in [1.29, 1.82) is 0 Å². The molecule has 3 aliphatic heterocycles. The zero-order chi connectivity index (χ0) is 25.7. The van der Waals surface area contributed by atoms with Crippen molar-refractivity contribution in [1.82, 2.24) is 10.2 Å². The first-order valence-corrected chi connectivity index (χ1v) is 13.2. The standard InChI is InChI=1S/C27H32N4O3.C2H6/c1-34-16-24-19-6-4-7-20(14-19)26(33)30-23-12-11-18-10-9-17(13-22(18)23)5-2-3-8-21-15-25(32)31(24)27(28)29-21;1-2/h4,6-7,9-10,13-14,21,23-24H,2-3,5,8,11-12,15-16H2,1H3,(H2,28,29)(H,30,33);1-2H3. The summed E-state index contributed by atoms with van der Waals surface area (Å²) in [6.07, 6.45) is 6.04. The molecule has 2 aromatic rings. The van der Waals surface area contributed by atoms with Gasteiger partial charge in [-0.2, -0.15) is 0 Å². The molecule has 0 spiro atoms. The van der Waals surface area contributed by atoms with Crippen molar-refractivity contribution >= 4 is 17.8 Å². The van der Waals surface area contributed by atoms with E-state index in [0.717, 1.165) is 44.1 Å². The van der Waals surface area contributed by atoms with Crippen molar-refractivity contribution < 1.29 is 14.3 Å². The monoisotopic (exact) mass is 490 g/mol. The van der Waals surface area contributed by atoms with Crippen molar-refractivity contribution in [3.05, 3.63) is 70.3 Å². The molecule has 6 rings (SSSR count). The lowest BCUT2D eigenvalue weighted by atomic mass is 9.97. The maximum atomic E-state index is 13.2. The Morgan fingerprint density at radius 3 is 2.69 bits per heavy atom. The van der Waals surface area contributed by atoms with Gasteiger partial charge in [-0.3, -0.25) is 14.5 Å². The highest BCUT2D eigenvalue weighted by atomic mass is 16.5. The van der Waals surface area contributed by atoms with Gasteiger partial charge in [0.15, 0.2) is 5.96 Å². The summed E-state index contributed by atoms with van der Waals surface area (Å²) in [4.78, 5) is 32.6. The molecule has 7 heteroatoms. The fourth-order valence-electron chi connectivity index (χ4n) is 5.50. The third-order valence-electron chi connectivity index (χ3n) is 7.26. The summed E-state index contributed by atoms with van der Waals surface area (Å²) < 4.78 is 5.45. The van der Waals surface area contributed by atoms with Crippen LogP contribution in [0, 0.1) is 0 Å². The minimum Gasteiger partial charge on any atom is -0.382 e. The van der Waals surface area contributed by atoms with Crippen molar-refractivity contribution in [2.24, 2.45) is 10.7 Å². The molecule has 7 nitrogen and oxygen atoms in total. The van der Waals surface area contributed by atoms with Gasteiger partial charge in [0.2, 0.25) is 5.91 Å². The van der Waals surface area contributed by atoms with E-state index in [1.807, 2.05) is 32.0 Å². The fourth-order valence-corrected chi connectivity index (χ4v) is 5.50. The highest BCUT2D eigenvalue weighted by molar-refractivity contribution is 5.99. The first-order chi connectivity index (χ1) is 17.5. The molecule has 3 heterocycles. The number of amides is 2. The van der Waals surface area contributed by atoms with Gasteiger partial charge < -0.3 is 15.8 Å². The second kappa shape index (κ2) is 11.7. The van der Waals surface area contributed by atoms with Crippen molar-refractivity contribution in [3.63, 3.8) is 0 Å². The molecule has 1 aliphatic carbocycles. The van der Waals surface area contributed by atoms with E-state index in [0.29, 0.717) is 12.0 Å². The van der Waals surface area contributed by atoms with Crippen LogP contribution in [0.15, 0.2) is 47.5 Å². The topological polar surface area (TPSA) is 97.0 Å². The average Bonchev–Trinajstić information content (AvgIpc) is 3.28. The zero-order valence-electron chi connectivity index (χ0n) is 21.6. The van der Waals surface area contributed by atoms with Crippen LogP contribution in [0.3, 0.4) is 0 Å². The highest BCUT2D eigenvalue weighted by Crippen LogP contribution is 2.33. The van der Waals surface area contributed by atoms with Crippen LogP contribution in [-0.4, -0.2) is 42.4 Å². The number of fused-ring (bicyclic) bond motifs is 5. The van der Waals surface area contributed by atoms with Crippen LogP contribution in [-0.2, 0) is 22.4 Å². The summed E-state index contributed by atoms with van der Waals surface area (Å²) >= 11 is 0. The highest BCUT2D eigenvalue weighted by Gasteiger charge is 2.34. The Hall–Kier alpha value is -3.19. The molecule has 0 fully saturated rings. The molecular formula is C29H38N4O3. The van der Waals surface area contributed by atoms with Crippen LogP contribution in [0.1, 0.15) is 90.6 Å². The van der Waals surface area contributed by atoms with E-state index in [9.17, 15) is 9.59 Å². The molecule has 0 radical (unpaired) electrons. The number of hydrogen-bond donors (Lipinski definition) is 2. The maximum absolute atomic E-state index is 13.2. The van der Waals surface area contributed by atoms with Gasteiger partial charge in [0.05, 0.1) is 24.7 Å². The van der Waals surface area contributed by atoms with Crippen LogP contribution in [0.5, 0.6) is 0 Å². The first kappa shape index (κ1) is 25.9. The SMILES string of the molecule is CC.COCC1c2cccc(c2)C(=O)NC2CCc3ccc(cc32)CCCCC2CC(=O)N1C(N)=N2. The Balaban J connectivity index is 0.00000148. The quantitative estimate of drug-likeness (QED) is 0.650. The Labute approximate surface area is 214 Å². The molecule has 36 heavy (non-hydrogen) atoms. The lowest BCUT2D eigenvalue weighted by Crippen LogP contribution is -2.50. The Bertz CT molecular complexity index is 1130. The van der Waals surface area contributed by atoms with Crippen LogP contribution < -0.4 is 11.1 Å². The summed E-state index contributed by atoms with van der Waals surface area (Å²) in [6.45, 7) is 4.26. The zero-order valence-corrected chi connectivity index (χ0v) is 21.6. The molecular weight excluding hydrogens is 452 g/mol. The minimum absolute atomic E-state index is 0.0175. The molecule has 2 amide bonds. The molecule has 192 valence electrons. The molecule has 6 bridgehead atoms. The van der Waals surface area contributed by atoms with Gasteiger partial charge in [-0.15, -0.1) is 0 Å². The summed E-state index contributed by atoms with van der Waals surface area (Å²) in [6, 6.07) is 13.6. The number of nitrogens with one attached hydrogen (secondary N) is 1. The van der Waals surface area contributed by atoms with Crippen molar-refractivity contribution in [3.8, 4) is 0 Å². The minimum atomic E-state index is -0.441. The lowest BCUT2D eigenvalue weighted by molar-refractivity contribution is -0.131. The second-order valence-electron chi connectivity index (χ2n) is 9.55. The van der Waals surface area contributed by atoms with Gasteiger partial charge in [0.1, 0.15) is 0 Å². The molecule has 3 atom stereocenters. The predicted octanol–water partition coefficient (Wildman–Crippen LogP) is 4.46. The number of guanidine groups is 1. The van der Waals surface area contributed by atoms with Crippen LogP contribution in [0.2, 0.25) is 0 Å². The Kier molecular flexibility index (Phi) is 8.41. The van der Waals surface area contributed by atoms with Gasteiger partial charge in [0.25, 0.3) is 5.91 Å². The van der Waals surface area contributed by atoms with Crippen molar-refractivity contribution in [2.45, 2.75) is 76.9 Å². The number of benzene rings is 2. The smallest absolute Gasteiger partial charge is 0.251 e. The number of aliphatic imine (C=N–C) groups is 1. The van der Waals surface area contributed by atoms with Gasteiger partial charge in [-0.25, -0.2) is 4.99 Å². The number of methoxy groups -OCH3 is 1. The van der Waals surface area contributed by atoms with E-state index >= 15 is 0 Å². The van der Waals surface area contributed by atoms with E-state index in [1.54, 1.807) is 13.2 Å².